The molecule has 0 aliphatic carbocycles. The van der Waals surface area contributed by atoms with Crippen LogP contribution in [0.3, 0.4) is 0 Å². The van der Waals surface area contributed by atoms with E-state index in [1.165, 1.54) is 6.07 Å². The fourth-order valence-corrected chi connectivity index (χ4v) is 2.30. The number of alkyl halides is 3. The van der Waals surface area contributed by atoms with Crippen LogP contribution in [0.1, 0.15) is 40.9 Å². The molecule has 0 heterocycles. The maximum absolute atomic E-state index is 12.9. The number of benzene rings is 2. The zero-order valence-corrected chi connectivity index (χ0v) is 13.4. The molecule has 24 heavy (non-hydrogen) atoms. The van der Waals surface area contributed by atoms with Crippen molar-refractivity contribution >= 4 is 5.91 Å². The van der Waals surface area contributed by atoms with Gasteiger partial charge in [-0.05, 0) is 49.2 Å². The highest BCUT2D eigenvalue weighted by Gasteiger charge is 2.32. The van der Waals surface area contributed by atoms with Crippen LogP contribution in [0.4, 0.5) is 13.2 Å². The zero-order chi connectivity index (χ0) is 18.0. The number of nitrogens with one attached hydrogen (secondary N) is 1. The maximum atomic E-state index is 12.9. The number of primary amides is 1. The summed E-state index contributed by atoms with van der Waals surface area (Å²) in [6.07, 6.45) is -4.36. The van der Waals surface area contributed by atoms with Gasteiger partial charge < -0.3 is 11.1 Å². The number of carbonyl (C=O) groups excluding carboxylic acids is 1. The Hall–Kier alpha value is -2.34. The molecule has 0 saturated heterocycles. The van der Waals surface area contributed by atoms with Crippen molar-refractivity contribution in [3.63, 3.8) is 0 Å². The van der Waals surface area contributed by atoms with E-state index in [9.17, 15) is 18.0 Å². The summed E-state index contributed by atoms with van der Waals surface area (Å²) in [5, 5.41) is 3.24. The first kappa shape index (κ1) is 18.0. The van der Waals surface area contributed by atoms with Gasteiger partial charge in [0.1, 0.15) is 0 Å². The topological polar surface area (TPSA) is 55.1 Å². The van der Waals surface area contributed by atoms with Crippen molar-refractivity contribution < 1.29 is 18.0 Å². The van der Waals surface area contributed by atoms with Crippen molar-refractivity contribution in [1.82, 2.24) is 5.32 Å². The quantitative estimate of drug-likeness (QED) is 0.872. The predicted molar refractivity (Wildman–Crippen MR) is 86.3 cm³/mol. The molecular weight excluding hydrogens is 317 g/mol. The molecule has 2 aromatic rings. The first-order valence-corrected chi connectivity index (χ1v) is 7.41. The smallest absolute Gasteiger partial charge is 0.366 e. The van der Waals surface area contributed by atoms with Gasteiger partial charge in [0.15, 0.2) is 0 Å². The summed E-state index contributed by atoms with van der Waals surface area (Å²) in [5.74, 6) is -0.501. The normalized spacial score (nSPS) is 12.2. The minimum Gasteiger partial charge on any atom is -0.366 e. The SMILES string of the molecule is CC(C)(NCc1ccc(C(N)=O)cc1)c1cccc(C(F)(F)F)c1. The monoisotopic (exact) mass is 336 g/mol. The Labute approximate surface area is 138 Å². The van der Waals surface area contributed by atoms with Gasteiger partial charge >= 0.3 is 6.18 Å². The number of hydrogen-bond acceptors (Lipinski definition) is 2. The van der Waals surface area contributed by atoms with Crippen LogP contribution in [-0.2, 0) is 18.3 Å². The molecule has 0 spiro atoms. The van der Waals surface area contributed by atoms with E-state index in [1.807, 2.05) is 13.8 Å². The van der Waals surface area contributed by atoms with Crippen molar-refractivity contribution in [2.45, 2.75) is 32.1 Å². The molecule has 128 valence electrons. The van der Waals surface area contributed by atoms with Gasteiger partial charge in [0.05, 0.1) is 5.56 Å². The van der Waals surface area contributed by atoms with Gasteiger partial charge in [0.2, 0.25) is 5.91 Å². The first-order valence-electron chi connectivity index (χ1n) is 7.41. The Balaban J connectivity index is 2.12. The number of amides is 1. The number of carbonyl (C=O) groups is 1. The molecule has 0 aromatic heterocycles. The van der Waals surface area contributed by atoms with Crippen molar-refractivity contribution in [1.29, 1.82) is 0 Å². The van der Waals surface area contributed by atoms with Crippen LogP contribution in [0.15, 0.2) is 48.5 Å². The van der Waals surface area contributed by atoms with Crippen LogP contribution in [-0.4, -0.2) is 5.91 Å². The van der Waals surface area contributed by atoms with Gasteiger partial charge in [-0.1, -0.05) is 24.3 Å². The highest BCUT2D eigenvalue weighted by Crippen LogP contribution is 2.32. The molecule has 0 saturated carbocycles. The molecule has 0 atom stereocenters. The Bertz CT molecular complexity index is 722. The fourth-order valence-electron chi connectivity index (χ4n) is 2.30. The Kier molecular flexibility index (Phi) is 4.99. The summed E-state index contributed by atoms with van der Waals surface area (Å²) in [6.45, 7) is 4.09. The third-order valence-corrected chi connectivity index (χ3v) is 3.88. The Morgan fingerprint density at radius 2 is 1.62 bits per heavy atom. The van der Waals surface area contributed by atoms with Crippen LogP contribution in [0.25, 0.3) is 0 Å². The van der Waals surface area contributed by atoms with Crippen molar-refractivity contribution in [3.8, 4) is 0 Å². The van der Waals surface area contributed by atoms with Gasteiger partial charge in [-0.2, -0.15) is 13.2 Å². The lowest BCUT2D eigenvalue weighted by Crippen LogP contribution is -2.36. The van der Waals surface area contributed by atoms with Crippen molar-refractivity contribution in [2.75, 3.05) is 0 Å². The largest absolute Gasteiger partial charge is 0.416 e. The zero-order valence-electron chi connectivity index (χ0n) is 13.4. The molecule has 0 fully saturated rings. The maximum Gasteiger partial charge on any atom is 0.416 e. The molecule has 0 bridgehead atoms. The van der Waals surface area contributed by atoms with Crippen LogP contribution in [0, 0.1) is 0 Å². The summed E-state index contributed by atoms with van der Waals surface area (Å²) >= 11 is 0. The second kappa shape index (κ2) is 6.65. The minimum atomic E-state index is -4.36. The lowest BCUT2D eigenvalue weighted by Gasteiger charge is -2.28. The third-order valence-electron chi connectivity index (χ3n) is 3.88. The average Bonchev–Trinajstić information content (AvgIpc) is 2.53. The summed E-state index contributed by atoms with van der Waals surface area (Å²) in [6, 6.07) is 12.0. The molecule has 0 aliphatic rings. The number of halogens is 3. The van der Waals surface area contributed by atoms with Crippen LogP contribution >= 0.6 is 0 Å². The second-order valence-corrected chi connectivity index (χ2v) is 6.12. The van der Waals surface area contributed by atoms with Crippen LogP contribution < -0.4 is 11.1 Å². The molecule has 3 N–H and O–H groups in total. The predicted octanol–water partition coefficient (Wildman–Crippen LogP) is 3.83. The third kappa shape index (κ3) is 4.35. The minimum absolute atomic E-state index is 0.413. The summed E-state index contributed by atoms with van der Waals surface area (Å²) < 4.78 is 38.6. The van der Waals surface area contributed by atoms with Gasteiger partial charge in [-0.25, -0.2) is 0 Å². The summed E-state index contributed by atoms with van der Waals surface area (Å²) in [4.78, 5) is 11.0. The second-order valence-electron chi connectivity index (χ2n) is 6.12. The van der Waals surface area contributed by atoms with Gasteiger partial charge in [-0.15, -0.1) is 0 Å². The lowest BCUT2D eigenvalue weighted by atomic mass is 9.92. The molecule has 2 aromatic carbocycles. The standard InChI is InChI=1S/C18H19F3N2O/c1-17(2,14-4-3-5-15(10-14)18(19,20)21)23-11-12-6-8-13(9-7-12)16(22)24/h3-10,23H,11H2,1-2H3,(H2,22,24). The first-order chi connectivity index (χ1) is 11.1. The van der Waals surface area contributed by atoms with Crippen molar-refractivity contribution in [2.24, 2.45) is 5.73 Å². The van der Waals surface area contributed by atoms with E-state index in [4.69, 9.17) is 5.73 Å². The summed E-state index contributed by atoms with van der Waals surface area (Å²) in [5.41, 5.74) is 5.73. The van der Waals surface area contributed by atoms with E-state index in [0.717, 1.165) is 17.7 Å². The average molecular weight is 336 g/mol. The van der Waals surface area contributed by atoms with E-state index >= 15 is 0 Å². The van der Waals surface area contributed by atoms with Crippen LogP contribution in [0.2, 0.25) is 0 Å². The Morgan fingerprint density at radius 1 is 1.04 bits per heavy atom. The van der Waals surface area contributed by atoms with Gasteiger partial charge in [-0.3, -0.25) is 4.79 Å². The van der Waals surface area contributed by atoms with Crippen molar-refractivity contribution in [3.05, 3.63) is 70.8 Å². The molecule has 0 aliphatic heterocycles. The number of nitrogens with two attached hydrogens (primary N) is 1. The highest BCUT2D eigenvalue weighted by molar-refractivity contribution is 5.92. The molecule has 2 rings (SSSR count). The van der Waals surface area contributed by atoms with Crippen LogP contribution in [0.5, 0.6) is 0 Å². The van der Waals surface area contributed by atoms with E-state index in [-0.39, 0.29) is 0 Å². The van der Waals surface area contributed by atoms with E-state index in [1.54, 1.807) is 30.3 Å². The molecule has 0 unspecified atom stereocenters. The number of rotatable bonds is 5. The molecule has 0 radical (unpaired) electrons. The number of hydrogen-bond donors (Lipinski definition) is 2. The van der Waals surface area contributed by atoms with E-state index in [2.05, 4.69) is 5.32 Å². The highest BCUT2D eigenvalue weighted by atomic mass is 19.4. The molecule has 6 heteroatoms. The molecule has 1 amide bonds. The fraction of sp³-hybridized carbons (Fsp3) is 0.278. The van der Waals surface area contributed by atoms with E-state index in [0.29, 0.717) is 17.7 Å². The Morgan fingerprint density at radius 3 is 2.17 bits per heavy atom. The van der Waals surface area contributed by atoms with Gasteiger partial charge in [0.25, 0.3) is 0 Å². The molecule has 3 nitrogen and oxygen atoms in total. The lowest BCUT2D eigenvalue weighted by molar-refractivity contribution is -0.137. The van der Waals surface area contributed by atoms with E-state index < -0.39 is 23.2 Å². The summed E-state index contributed by atoms with van der Waals surface area (Å²) in [7, 11) is 0. The van der Waals surface area contributed by atoms with Gasteiger partial charge in [0, 0.05) is 17.6 Å². The molecular formula is C18H19F3N2O.